The summed E-state index contributed by atoms with van der Waals surface area (Å²) >= 11 is 5.02. The van der Waals surface area contributed by atoms with Crippen molar-refractivity contribution >= 4 is 29.2 Å². The number of para-hydroxylation sites is 1. The van der Waals surface area contributed by atoms with Gasteiger partial charge in [-0.3, -0.25) is 19.9 Å². The molecule has 2 heterocycles. The molecular weight excluding hydrogens is 336 g/mol. The Bertz CT molecular complexity index is 1120. The van der Waals surface area contributed by atoms with Crippen LogP contribution >= 0.6 is 12.2 Å². The van der Waals surface area contributed by atoms with Crippen LogP contribution in [0.5, 0.6) is 0 Å². The topological polar surface area (TPSA) is 80.5 Å². The molecule has 8 heteroatoms. The first-order valence-corrected chi connectivity index (χ1v) is 8.02. The minimum Gasteiger partial charge on any atom is -0.297 e. The van der Waals surface area contributed by atoms with Crippen molar-refractivity contribution in [3.63, 3.8) is 0 Å². The highest BCUT2D eigenvalue weighted by molar-refractivity contribution is 7.71. The van der Waals surface area contributed by atoms with Crippen molar-refractivity contribution in [2.24, 2.45) is 0 Å². The monoisotopic (exact) mass is 350 g/mol. The zero-order valence-electron chi connectivity index (χ0n) is 13.3. The third-order valence-corrected chi connectivity index (χ3v) is 4.16. The second-order valence-corrected chi connectivity index (χ2v) is 5.89. The SMILES string of the molecule is Cc1nc2cc(C(=O)Nn3cn[nH]c3=S)ccc2n1-c1ccccc1. The molecule has 4 rings (SSSR count). The number of amides is 1. The minimum atomic E-state index is -0.286. The lowest BCUT2D eigenvalue weighted by molar-refractivity contribution is 0.101. The Morgan fingerprint density at radius 3 is 2.72 bits per heavy atom. The first-order chi connectivity index (χ1) is 12.1. The lowest BCUT2D eigenvalue weighted by Gasteiger charge is -2.07. The molecule has 2 N–H and O–H groups in total. The molecule has 1 amide bonds. The largest absolute Gasteiger partial charge is 0.297 e. The number of aromatic amines is 1. The standard InChI is InChI=1S/C17H14N6OS/c1-11-19-14-9-12(16(24)21-22-10-18-20-17(22)25)7-8-15(14)23(11)13-5-3-2-4-6-13/h2-10H,1H3,(H,20,25)(H,21,24). The average molecular weight is 350 g/mol. The molecule has 0 bridgehead atoms. The van der Waals surface area contributed by atoms with Crippen molar-refractivity contribution in [1.29, 1.82) is 0 Å². The van der Waals surface area contributed by atoms with E-state index in [1.165, 1.54) is 11.0 Å². The molecule has 0 saturated carbocycles. The fraction of sp³-hybridized carbons (Fsp3) is 0.0588. The first-order valence-electron chi connectivity index (χ1n) is 7.61. The number of hydrogen-bond donors (Lipinski definition) is 2. The van der Waals surface area contributed by atoms with Crippen molar-refractivity contribution in [3.8, 4) is 5.69 Å². The Kier molecular flexibility index (Phi) is 3.66. The number of rotatable bonds is 3. The Morgan fingerprint density at radius 2 is 2.00 bits per heavy atom. The molecule has 2 aromatic heterocycles. The lowest BCUT2D eigenvalue weighted by atomic mass is 10.2. The summed E-state index contributed by atoms with van der Waals surface area (Å²) in [5.74, 6) is 0.571. The number of hydrogen-bond acceptors (Lipinski definition) is 4. The molecule has 0 aliphatic rings. The van der Waals surface area contributed by atoms with Crippen LogP contribution in [-0.2, 0) is 0 Å². The number of carbonyl (C=O) groups is 1. The molecule has 0 radical (unpaired) electrons. The van der Waals surface area contributed by atoms with Gasteiger partial charge in [0.25, 0.3) is 5.91 Å². The van der Waals surface area contributed by atoms with Gasteiger partial charge >= 0.3 is 0 Å². The maximum Gasteiger partial charge on any atom is 0.270 e. The predicted molar refractivity (Wildman–Crippen MR) is 96.9 cm³/mol. The number of aromatic nitrogens is 5. The zero-order valence-corrected chi connectivity index (χ0v) is 14.1. The number of imidazole rings is 1. The van der Waals surface area contributed by atoms with Crippen LogP contribution in [0, 0.1) is 11.7 Å². The van der Waals surface area contributed by atoms with Crippen LogP contribution in [0.3, 0.4) is 0 Å². The van der Waals surface area contributed by atoms with Gasteiger partial charge in [0.15, 0.2) is 0 Å². The average Bonchev–Trinajstić information content (AvgIpc) is 3.17. The van der Waals surface area contributed by atoms with Gasteiger partial charge in [0.1, 0.15) is 12.2 Å². The van der Waals surface area contributed by atoms with Crippen molar-refractivity contribution in [2.75, 3.05) is 5.43 Å². The summed E-state index contributed by atoms with van der Waals surface area (Å²) in [6, 6.07) is 15.4. The van der Waals surface area contributed by atoms with Gasteiger partial charge in [-0.25, -0.2) is 9.66 Å². The van der Waals surface area contributed by atoms with Crippen LogP contribution in [0.1, 0.15) is 16.2 Å². The van der Waals surface area contributed by atoms with Crippen LogP contribution in [-0.4, -0.2) is 30.3 Å². The number of aryl methyl sites for hydroxylation is 1. The van der Waals surface area contributed by atoms with Crippen molar-refractivity contribution in [1.82, 2.24) is 24.4 Å². The lowest BCUT2D eigenvalue weighted by Crippen LogP contribution is -2.22. The number of carbonyl (C=O) groups excluding carboxylic acids is 1. The zero-order chi connectivity index (χ0) is 17.4. The van der Waals surface area contributed by atoms with E-state index in [0.717, 1.165) is 22.5 Å². The van der Waals surface area contributed by atoms with Crippen LogP contribution in [0.15, 0.2) is 54.9 Å². The van der Waals surface area contributed by atoms with Gasteiger partial charge in [-0.05, 0) is 49.5 Å². The number of nitrogens with zero attached hydrogens (tertiary/aromatic N) is 4. The van der Waals surface area contributed by atoms with E-state index in [-0.39, 0.29) is 5.91 Å². The Labute approximate surface area is 147 Å². The summed E-state index contributed by atoms with van der Waals surface area (Å²) in [7, 11) is 0. The molecule has 0 fully saturated rings. The Balaban J connectivity index is 1.73. The van der Waals surface area contributed by atoms with Crippen LogP contribution in [0.4, 0.5) is 0 Å². The van der Waals surface area contributed by atoms with E-state index in [9.17, 15) is 4.79 Å². The maximum absolute atomic E-state index is 12.4. The van der Waals surface area contributed by atoms with Gasteiger partial charge in [0.05, 0.1) is 11.0 Å². The number of fused-ring (bicyclic) bond motifs is 1. The molecule has 0 unspecified atom stereocenters. The first kappa shape index (κ1) is 15.3. The van der Waals surface area contributed by atoms with Crippen molar-refractivity contribution in [2.45, 2.75) is 6.92 Å². The molecule has 0 aliphatic heterocycles. The third kappa shape index (κ3) is 2.72. The smallest absolute Gasteiger partial charge is 0.270 e. The molecule has 0 atom stereocenters. The predicted octanol–water partition coefficient (Wildman–Crippen LogP) is 2.97. The van der Waals surface area contributed by atoms with E-state index in [4.69, 9.17) is 12.2 Å². The maximum atomic E-state index is 12.4. The van der Waals surface area contributed by atoms with Gasteiger partial charge in [0.2, 0.25) is 4.77 Å². The highest BCUT2D eigenvalue weighted by Crippen LogP contribution is 2.22. The normalized spacial score (nSPS) is 10.9. The molecule has 124 valence electrons. The molecule has 0 aliphatic carbocycles. The molecule has 25 heavy (non-hydrogen) atoms. The van der Waals surface area contributed by atoms with Crippen molar-refractivity contribution < 1.29 is 4.79 Å². The highest BCUT2D eigenvalue weighted by atomic mass is 32.1. The molecule has 0 spiro atoms. The van der Waals surface area contributed by atoms with E-state index in [1.807, 2.05) is 43.3 Å². The Morgan fingerprint density at radius 1 is 1.20 bits per heavy atom. The summed E-state index contributed by atoms with van der Waals surface area (Å²) in [6.07, 6.45) is 1.41. The van der Waals surface area contributed by atoms with Gasteiger partial charge in [-0.15, -0.1) is 0 Å². The summed E-state index contributed by atoms with van der Waals surface area (Å²) in [5, 5.41) is 6.35. The molecule has 2 aromatic carbocycles. The molecule has 0 saturated heterocycles. The van der Waals surface area contributed by atoms with E-state index in [2.05, 4.69) is 25.2 Å². The quantitative estimate of drug-likeness (QED) is 0.557. The molecule has 7 nitrogen and oxygen atoms in total. The van der Waals surface area contributed by atoms with Crippen LogP contribution < -0.4 is 5.43 Å². The number of benzene rings is 2. The second kappa shape index (κ2) is 5.99. The van der Waals surface area contributed by atoms with E-state index in [0.29, 0.717) is 10.3 Å². The van der Waals surface area contributed by atoms with E-state index < -0.39 is 0 Å². The summed E-state index contributed by atoms with van der Waals surface area (Å²) < 4.78 is 3.73. The molecular formula is C17H14N6OS. The summed E-state index contributed by atoms with van der Waals surface area (Å²) in [6.45, 7) is 1.94. The minimum absolute atomic E-state index is 0.286. The van der Waals surface area contributed by atoms with Crippen LogP contribution in [0.25, 0.3) is 16.7 Å². The highest BCUT2D eigenvalue weighted by Gasteiger charge is 2.13. The van der Waals surface area contributed by atoms with Gasteiger partial charge < -0.3 is 0 Å². The van der Waals surface area contributed by atoms with E-state index >= 15 is 0 Å². The van der Waals surface area contributed by atoms with E-state index in [1.54, 1.807) is 12.1 Å². The fourth-order valence-corrected chi connectivity index (χ4v) is 2.89. The second-order valence-electron chi connectivity index (χ2n) is 5.51. The van der Waals surface area contributed by atoms with Crippen molar-refractivity contribution in [3.05, 3.63) is 71.0 Å². The summed E-state index contributed by atoms with van der Waals surface area (Å²) in [5.41, 5.74) is 5.89. The Hall–Kier alpha value is -3.26. The van der Waals surface area contributed by atoms with Gasteiger partial charge in [-0.2, -0.15) is 5.10 Å². The number of nitrogens with one attached hydrogen (secondary N) is 2. The number of H-pyrrole nitrogens is 1. The fourth-order valence-electron chi connectivity index (χ4n) is 2.75. The summed E-state index contributed by atoms with van der Waals surface area (Å²) in [4.78, 5) is 17.0. The van der Waals surface area contributed by atoms with Gasteiger partial charge in [0, 0.05) is 11.3 Å². The van der Waals surface area contributed by atoms with Crippen LogP contribution in [0.2, 0.25) is 0 Å². The van der Waals surface area contributed by atoms with Gasteiger partial charge in [-0.1, -0.05) is 18.2 Å². The third-order valence-electron chi connectivity index (χ3n) is 3.87. The molecule has 4 aromatic rings.